The first-order chi connectivity index (χ1) is 15.9. The second-order valence-electron chi connectivity index (χ2n) is 8.02. The maximum Gasteiger partial charge on any atom is 0.252 e. The maximum absolute atomic E-state index is 12.9. The normalized spacial score (nSPS) is 10.7. The van der Waals surface area contributed by atoms with E-state index >= 15 is 0 Å². The van der Waals surface area contributed by atoms with E-state index in [1.54, 1.807) is 24.3 Å². The molecule has 1 heterocycles. The predicted octanol–water partition coefficient (Wildman–Crippen LogP) is 4.19. The number of fused-ring (bicyclic) bond motifs is 1. The molecule has 33 heavy (non-hydrogen) atoms. The number of nitrogens with one attached hydrogen (secondary N) is 2. The largest absolute Gasteiger partial charge is 0.348 e. The van der Waals surface area contributed by atoms with E-state index < -0.39 is 5.56 Å². The van der Waals surface area contributed by atoms with Gasteiger partial charge in [0.1, 0.15) is 6.54 Å². The maximum atomic E-state index is 12.9. The van der Waals surface area contributed by atoms with Crippen molar-refractivity contribution in [1.29, 1.82) is 0 Å². The van der Waals surface area contributed by atoms with Crippen LogP contribution in [0.15, 0.2) is 83.7 Å². The third-order valence-corrected chi connectivity index (χ3v) is 5.65. The molecule has 0 spiro atoms. The predicted molar refractivity (Wildman–Crippen MR) is 130 cm³/mol. The van der Waals surface area contributed by atoms with Gasteiger partial charge >= 0.3 is 0 Å². The number of carbonyl (C=O) groups is 2. The van der Waals surface area contributed by atoms with Crippen molar-refractivity contribution in [1.82, 2.24) is 9.88 Å². The van der Waals surface area contributed by atoms with Gasteiger partial charge in [0.2, 0.25) is 5.91 Å². The van der Waals surface area contributed by atoms with Crippen LogP contribution in [0.3, 0.4) is 0 Å². The average molecular weight is 440 g/mol. The molecule has 2 N–H and O–H groups in total. The summed E-state index contributed by atoms with van der Waals surface area (Å²) in [6.07, 6.45) is 0. The first-order valence-corrected chi connectivity index (χ1v) is 10.7. The van der Waals surface area contributed by atoms with E-state index in [1.165, 1.54) is 10.6 Å². The molecular formula is C27H25N3O3. The fourth-order valence-electron chi connectivity index (χ4n) is 3.72. The number of rotatable bonds is 6. The zero-order chi connectivity index (χ0) is 23.4. The molecule has 0 atom stereocenters. The van der Waals surface area contributed by atoms with Crippen LogP contribution in [0, 0.1) is 13.8 Å². The van der Waals surface area contributed by atoms with Gasteiger partial charge in [0.05, 0.1) is 11.1 Å². The van der Waals surface area contributed by atoms with Crippen LogP contribution < -0.4 is 16.2 Å². The zero-order valence-electron chi connectivity index (χ0n) is 18.6. The zero-order valence-corrected chi connectivity index (χ0v) is 18.6. The van der Waals surface area contributed by atoms with Crippen molar-refractivity contribution >= 4 is 28.4 Å². The second-order valence-corrected chi connectivity index (χ2v) is 8.02. The van der Waals surface area contributed by atoms with Gasteiger partial charge in [0.15, 0.2) is 0 Å². The highest BCUT2D eigenvalue weighted by Gasteiger charge is 2.16. The molecule has 0 saturated carbocycles. The Bertz CT molecular complexity index is 1390. The standard InChI is InChI=1S/C27H25N3O3/c1-18-12-13-21(14-19(18)2)29-25(31)17-30-24-11-7-6-10-22(24)23(15-26(30)32)27(33)28-16-20-8-4-3-5-9-20/h3-15H,16-17H2,1-2H3,(H,28,33)(H,29,31). The number of pyridine rings is 1. The van der Waals surface area contributed by atoms with Crippen LogP contribution in [-0.2, 0) is 17.9 Å². The van der Waals surface area contributed by atoms with E-state index in [4.69, 9.17) is 0 Å². The molecule has 4 rings (SSSR count). The summed E-state index contributed by atoms with van der Waals surface area (Å²) in [6, 6.07) is 23.6. The molecule has 0 unspecified atom stereocenters. The summed E-state index contributed by atoms with van der Waals surface area (Å²) >= 11 is 0. The van der Waals surface area contributed by atoms with E-state index in [0.717, 1.165) is 16.7 Å². The van der Waals surface area contributed by atoms with Gasteiger partial charge in [0.25, 0.3) is 11.5 Å². The van der Waals surface area contributed by atoms with Gasteiger partial charge in [-0.2, -0.15) is 0 Å². The number of para-hydroxylation sites is 1. The smallest absolute Gasteiger partial charge is 0.252 e. The number of hydrogen-bond acceptors (Lipinski definition) is 3. The molecule has 0 fully saturated rings. The Morgan fingerprint density at radius 2 is 1.58 bits per heavy atom. The van der Waals surface area contributed by atoms with Crippen LogP contribution in [0.4, 0.5) is 5.69 Å². The van der Waals surface area contributed by atoms with Crippen molar-refractivity contribution in [3.05, 3.63) is 111 Å². The summed E-state index contributed by atoms with van der Waals surface area (Å²) in [5, 5.41) is 6.33. The highest BCUT2D eigenvalue weighted by atomic mass is 16.2. The molecule has 0 aliphatic heterocycles. The van der Waals surface area contributed by atoms with E-state index in [1.807, 2.05) is 62.4 Å². The van der Waals surface area contributed by atoms with Crippen LogP contribution in [0.25, 0.3) is 10.9 Å². The number of carbonyl (C=O) groups excluding carboxylic acids is 2. The molecule has 4 aromatic rings. The molecule has 0 aliphatic carbocycles. The van der Waals surface area contributed by atoms with E-state index in [0.29, 0.717) is 23.1 Å². The van der Waals surface area contributed by atoms with Crippen LogP contribution in [0.5, 0.6) is 0 Å². The number of aromatic nitrogens is 1. The van der Waals surface area contributed by atoms with Crippen LogP contribution in [0.2, 0.25) is 0 Å². The fraction of sp³-hybridized carbons (Fsp3) is 0.148. The summed E-state index contributed by atoms with van der Waals surface area (Å²) in [4.78, 5) is 38.5. The van der Waals surface area contributed by atoms with Crippen molar-refractivity contribution < 1.29 is 9.59 Å². The van der Waals surface area contributed by atoms with Crippen molar-refractivity contribution in [3.8, 4) is 0 Å². The summed E-state index contributed by atoms with van der Waals surface area (Å²) in [6.45, 7) is 4.18. The Kier molecular flexibility index (Phi) is 6.36. The third-order valence-electron chi connectivity index (χ3n) is 5.65. The quantitative estimate of drug-likeness (QED) is 0.473. The number of benzene rings is 3. The van der Waals surface area contributed by atoms with Gasteiger partial charge in [-0.15, -0.1) is 0 Å². The third kappa shape index (κ3) is 5.01. The van der Waals surface area contributed by atoms with Crippen LogP contribution >= 0.6 is 0 Å². The van der Waals surface area contributed by atoms with Gasteiger partial charge in [-0.1, -0.05) is 54.6 Å². The number of amides is 2. The van der Waals surface area contributed by atoms with Crippen molar-refractivity contribution in [2.45, 2.75) is 26.9 Å². The van der Waals surface area contributed by atoms with Crippen molar-refractivity contribution in [3.63, 3.8) is 0 Å². The highest BCUT2D eigenvalue weighted by molar-refractivity contribution is 6.06. The lowest BCUT2D eigenvalue weighted by atomic mass is 10.1. The molecule has 0 radical (unpaired) electrons. The van der Waals surface area contributed by atoms with Gasteiger partial charge in [-0.25, -0.2) is 0 Å². The van der Waals surface area contributed by atoms with Crippen molar-refractivity contribution in [2.75, 3.05) is 5.32 Å². The van der Waals surface area contributed by atoms with Gasteiger partial charge in [-0.3, -0.25) is 19.0 Å². The summed E-state index contributed by atoms with van der Waals surface area (Å²) in [7, 11) is 0. The molecular weight excluding hydrogens is 414 g/mol. The summed E-state index contributed by atoms with van der Waals surface area (Å²) < 4.78 is 1.39. The Balaban J connectivity index is 1.59. The summed E-state index contributed by atoms with van der Waals surface area (Å²) in [5.74, 6) is -0.648. The minimum atomic E-state index is -0.409. The van der Waals surface area contributed by atoms with E-state index in [-0.39, 0.29) is 23.9 Å². The lowest BCUT2D eigenvalue weighted by Crippen LogP contribution is -2.30. The first-order valence-electron chi connectivity index (χ1n) is 10.7. The van der Waals surface area contributed by atoms with Crippen LogP contribution in [0.1, 0.15) is 27.0 Å². The molecule has 0 saturated heterocycles. The lowest BCUT2D eigenvalue weighted by molar-refractivity contribution is -0.116. The average Bonchev–Trinajstić information content (AvgIpc) is 2.82. The molecule has 0 bridgehead atoms. The molecule has 1 aromatic heterocycles. The lowest BCUT2D eigenvalue weighted by Gasteiger charge is -2.14. The highest BCUT2D eigenvalue weighted by Crippen LogP contribution is 2.18. The number of nitrogens with zero attached hydrogens (tertiary/aromatic N) is 1. The summed E-state index contributed by atoms with van der Waals surface area (Å²) in [5.41, 5.74) is 4.26. The molecule has 166 valence electrons. The van der Waals surface area contributed by atoms with Crippen LogP contribution in [-0.4, -0.2) is 16.4 Å². The van der Waals surface area contributed by atoms with Gasteiger partial charge in [-0.05, 0) is 48.7 Å². The number of aryl methyl sites for hydroxylation is 2. The monoisotopic (exact) mass is 439 g/mol. The van der Waals surface area contributed by atoms with E-state index in [9.17, 15) is 14.4 Å². The molecule has 0 aliphatic rings. The molecule has 2 amide bonds. The van der Waals surface area contributed by atoms with Crippen molar-refractivity contribution in [2.24, 2.45) is 0 Å². The van der Waals surface area contributed by atoms with E-state index in [2.05, 4.69) is 10.6 Å². The minimum absolute atomic E-state index is 0.155. The Labute approximate surface area is 191 Å². The Hall–Kier alpha value is -4.19. The Morgan fingerprint density at radius 3 is 2.33 bits per heavy atom. The minimum Gasteiger partial charge on any atom is -0.348 e. The SMILES string of the molecule is Cc1ccc(NC(=O)Cn2c(=O)cc(C(=O)NCc3ccccc3)c3ccccc32)cc1C. The van der Waals surface area contributed by atoms with Gasteiger partial charge in [0, 0.05) is 23.7 Å². The second kappa shape index (κ2) is 9.53. The Morgan fingerprint density at radius 1 is 0.848 bits per heavy atom. The molecule has 3 aromatic carbocycles. The number of anilines is 1. The topological polar surface area (TPSA) is 80.2 Å². The fourth-order valence-corrected chi connectivity index (χ4v) is 3.72. The molecule has 6 heteroatoms. The van der Waals surface area contributed by atoms with Gasteiger partial charge < -0.3 is 10.6 Å². The molecule has 6 nitrogen and oxygen atoms in total. The first kappa shape index (κ1) is 22.0. The number of hydrogen-bond donors (Lipinski definition) is 2.